The Balaban J connectivity index is 1.77. The maximum Gasteiger partial charge on any atom is 0.340 e. The lowest BCUT2D eigenvalue weighted by atomic mass is 10.1. The Kier molecular flexibility index (Phi) is 7.12. The summed E-state index contributed by atoms with van der Waals surface area (Å²) in [4.78, 5) is 37.3. The molecule has 1 heterocycles. The monoisotopic (exact) mass is 438 g/mol. The molecule has 0 aliphatic rings. The molecule has 0 bridgehead atoms. The summed E-state index contributed by atoms with van der Waals surface area (Å²) in [5.74, 6) is -1.33. The molecule has 3 rings (SSSR count). The van der Waals surface area contributed by atoms with Crippen LogP contribution >= 0.6 is 0 Å². The second-order valence-corrected chi connectivity index (χ2v) is 6.68. The van der Waals surface area contributed by atoms with Gasteiger partial charge in [-0.15, -0.1) is 0 Å². The number of ether oxygens (including phenoxy) is 3. The molecule has 32 heavy (non-hydrogen) atoms. The van der Waals surface area contributed by atoms with Crippen molar-refractivity contribution in [1.82, 2.24) is 0 Å². The predicted molar refractivity (Wildman–Crippen MR) is 116 cm³/mol. The molecule has 2 amide bonds. The molecule has 0 radical (unpaired) electrons. The lowest BCUT2D eigenvalue weighted by Crippen LogP contribution is -2.22. The second kappa shape index (κ2) is 10.2. The summed E-state index contributed by atoms with van der Waals surface area (Å²) in [5.41, 5.74) is 1.64. The van der Waals surface area contributed by atoms with Gasteiger partial charge in [0, 0.05) is 17.8 Å². The lowest BCUT2D eigenvalue weighted by molar-refractivity contribution is -0.119. The zero-order chi connectivity index (χ0) is 23.1. The molecule has 2 N–H and O–H groups in total. The molecule has 0 fully saturated rings. The highest BCUT2D eigenvalue weighted by Gasteiger charge is 2.21. The zero-order valence-electron chi connectivity index (χ0n) is 17.8. The van der Waals surface area contributed by atoms with Crippen LogP contribution in [0.25, 0.3) is 0 Å². The molecule has 0 spiro atoms. The summed E-state index contributed by atoms with van der Waals surface area (Å²) < 4.78 is 20.7. The first-order chi connectivity index (χ1) is 15.4. The van der Waals surface area contributed by atoms with E-state index in [1.165, 1.54) is 38.7 Å². The van der Waals surface area contributed by atoms with Gasteiger partial charge in [-0.25, -0.2) is 4.79 Å². The number of carbonyl (C=O) groups excluding carboxylic acids is 3. The molecule has 9 heteroatoms. The van der Waals surface area contributed by atoms with Gasteiger partial charge in [0.15, 0.2) is 23.9 Å². The van der Waals surface area contributed by atoms with Crippen LogP contribution in [0.4, 0.5) is 11.4 Å². The number of methoxy groups -OCH3 is 2. The normalized spacial score (nSPS) is 10.2. The summed E-state index contributed by atoms with van der Waals surface area (Å²) in [6.45, 7) is 1.37. The second-order valence-electron chi connectivity index (χ2n) is 6.68. The molecule has 0 aliphatic heterocycles. The fourth-order valence-electron chi connectivity index (χ4n) is 2.87. The Bertz CT molecular complexity index is 1120. The molecular formula is C23H22N2O7. The molecular weight excluding hydrogens is 416 g/mol. The van der Waals surface area contributed by atoms with Crippen LogP contribution in [0.15, 0.2) is 59.2 Å². The summed E-state index contributed by atoms with van der Waals surface area (Å²) in [6, 6.07) is 13.0. The first-order valence-electron chi connectivity index (χ1n) is 9.55. The van der Waals surface area contributed by atoms with E-state index >= 15 is 0 Å². The largest absolute Gasteiger partial charge is 0.493 e. The average Bonchev–Trinajstić information content (AvgIpc) is 3.32. The van der Waals surface area contributed by atoms with E-state index in [1.54, 1.807) is 24.3 Å². The van der Waals surface area contributed by atoms with Crippen LogP contribution in [-0.4, -0.2) is 38.6 Å². The Morgan fingerprint density at radius 3 is 2.34 bits per heavy atom. The predicted octanol–water partition coefficient (Wildman–Crippen LogP) is 3.65. The molecule has 0 saturated heterocycles. The summed E-state index contributed by atoms with van der Waals surface area (Å²) in [7, 11) is 2.83. The average molecular weight is 438 g/mol. The molecule has 0 saturated carbocycles. The first-order valence-corrected chi connectivity index (χ1v) is 9.55. The number of anilines is 2. The highest BCUT2D eigenvalue weighted by molar-refractivity contribution is 6.07. The highest BCUT2D eigenvalue weighted by atomic mass is 16.5. The molecule has 9 nitrogen and oxygen atoms in total. The van der Waals surface area contributed by atoms with Crippen LogP contribution < -0.4 is 20.1 Å². The van der Waals surface area contributed by atoms with Crippen LogP contribution in [0.2, 0.25) is 0 Å². The zero-order valence-corrected chi connectivity index (χ0v) is 17.8. The van der Waals surface area contributed by atoms with Gasteiger partial charge in [0.2, 0.25) is 0 Å². The number of furan rings is 1. The van der Waals surface area contributed by atoms with Gasteiger partial charge in [-0.2, -0.15) is 0 Å². The van der Waals surface area contributed by atoms with Gasteiger partial charge in [0.1, 0.15) is 0 Å². The quantitative estimate of drug-likeness (QED) is 0.516. The van der Waals surface area contributed by atoms with Gasteiger partial charge >= 0.3 is 5.97 Å². The third-order valence-corrected chi connectivity index (χ3v) is 4.37. The van der Waals surface area contributed by atoms with E-state index in [4.69, 9.17) is 18.6 Å². The van der Waals surface area contributed by atoms with Gasteiger partial charge in [-0.1, -0.05) is 12.1 Å². The maximum absolute atomic E-state index is 12.7. The van der Waals surface area contributed by atoms with Crippen LogP contribution in [-0.2, 0) is 9.53 Å². The fourth-order valence-corrected chi connectivity index (χ4v) is 2.87. The van der Waals surface area contributed by atoms with Crippen molar-refractivity contribution in [3.05, 3.63) is 71.7 Å². The van der Waals surface area contributed by atoms with Gasteiger partial charge < -0.3 is 29.3 Å². The van der Waals surface area contributed by atoms with Crippen molar-refractivity contribution in [2.24, 2.45) is 0 Å². The Morgan fingerprint density at radius 1 is 0.938 bits per heavy atom. The summed E-state index contributed by atoms with van der Waals surface area (Å²) in [6.07, 6.45) is 1.35. The first kappa shape index (κ1) is 22.4. The maximum atomic E-state index is 12.7. The standard InChI is InChI=1S/C23H22N2O7/c1-14-6-4-7-15(10-14)24-21(26)13-32-23(28)16-11-19(29-2)20(30-3)12-17(16)25-22(27)18-8-5-9-31-18/h4-12H,13H2,1-3H3,(H,24,26)(H,25,27). The number of hydrogen-bond donors (Lipinski definition) is 2. The molecule has 0 atom stereocenters. The van der Waals surface area contributed by atoms with Crippen LogP contribution in [0, 0.1) is 6.92 Å². The van der Waals surface area contributed by atoms with Crippen LogP contribution in [0.1, 0.15) is 26.5 Å². The molecule has 1 aromatic heterocycles. The van der Waals surface area contributed by atoms with Crippen molar-refractivity contribution in [1.29, 1.82) is 0 Å². The molecule has 3 aromatic rings. The number of carbonyl (C=O) groups is 3. The van der Waals surface area contributed by atoms with E-state index in [-0.39, 0.29) is 28.5 Å². The third kappa shape index (κ3) is 5.45. The van der Waals surface area contributed by atoms with E-state index in [9.17, 15) is 14.4 Å². The number of hydrogen-bond acceptors (Lipinski definition) is 7. The van der Waals surface area contributed by atoms with Gasteiger partial charge in [0.25, 0.3) is 11.8 Å². The van der Waals surface area contributed by atoms with Gasteiger partial charge in [-0.3, -0.25) is 9.59 Å². The van der Waals surface area contributed by atoms with Crippen molar-refractivity contribution >= 4 is 29.2 Å². The van der Waals surface area contributed by atoms with Crippen molar-refractivity contribution in [3.63, 3.8) is 0 Å². The SMILES string of the molecule is COc1cc(NC(=O)c2ccco2)c(C(=O)OCC(=O)Nc2cccc(C)c2)cc1OC. The molecule has 2 aromatic carbocycles. The third-order valence-electron chi connectivity index (χ3n) is 4.37. The highest BCUT2D eigenvalue weighted by Crippen LogP contribution is 2.34. The smallest absolute Gasteiger partial charge is 0.340 e. The number of aryl methyl sites for hydroxylation is 1. The number of esters is 1. The molecule has 0 aliphatic carbocycles. The molecule has 0 unspecified atom stereocenters. The Labute approximate surface area is 184 Å². The van der Waals surface area contributed by atoms with Crippen molar-refractivity contribution in [2.45, 2.75) is 6.92 Å². The van der Waals surface area contributed by atoms with E-state index in [0.29, 0.717) is 5.69 Å². The number of benzene rings is 2. The fraction of sp³-hybridized carbons (Fsp3) is 0.174. The minimum atomic E-state index is -0.833. The van der Waals surface area contributed by atoms with Crippen LogP contribution in [0.5, 0.6) is 11.5 Å². The molecule has 166 valence electrons. The van der Waals surface area contributed by atoms with Gasteiger partial charge in [-0.05, 0) is 36.8 Å². The summed E-state index contributed by atoms with van der Waals surface area (Å²) >= 11 is 0. The number of rotatable bonds is 8. The van der Waals surface area contributed by atoms with E-state index in [1.807, 2.05) is 13.0 Å². The van der Waals surface area contributed by atoms with Crippen LogP contribution in [0.3, 0.4) is 0 Å². The Hall–Kier alpha value is -4.27. The van der Waals surface area contributed by atoms with E-state index in [2.05, 4.69) is 10.6 Å². The minimum Gasteiger partial charge on any atom is -0.493 e. The van der Waals surface area contributed by atoms with E-state index in [0.717, 1.165) is 5.56 Å². The van der Waals surface area contributed by atoms with Crippen molar-refractivity contribution in [2.75, 3.05) is 31.5 Å². The van der Waals surface area contributed by atoms with Gasteiger partial charge in [0.05, 0.1) is 31.7 Å². The Morgan fingerprint density at radius 2 is 1.69 bits per heavy atom. The topological polar surface area (TPSA) is 116 Å². The van der Waals surface area contributed by atoms with Crippen molar-refractivity contribution < 1.29 is 33.0 Å². The lowest BCUT2D eigenvalue weighted by Gasteiger charge is -2.15. The van der Waals surface area contributed by atoms with Crippen molar-refractivity contribution in [3.8, 4) is 11.5 Å². The number of amides is 2. The summed E-state index contributed by atoms with van der Waals surface area (Å²) in [5, 5.41) is 5.24. The minimum absolute atomic E-state index is 0.0223. The number of nitrogens with one attached hydrogen (secondary N) is 2. The van der Waals surface area contributed by atoms with E-state index < -0.39 is 24.4 Å².